The molecule has 0 unspecified atom stereocenters. The Morgan fingerprint density at radius 2 is 1.52 bits per heavy atom. The summed E-state index contributed by atoms with van der Waals surface area (Å²) in [5, 5.41) is 0. The van der Waals surface area contributed by atoms with E-state index in [-0.39, 0.29) is 47.7 Å². The van der Waals surface area contributed by atoms with E-state index in [1.54, 1.807) is 21.6 Å². The molecular formula is C25H45NO5S2. The third-order valence-electron chi connectivity index (χ3n) is 5.46. The van der Waals surface area contributed by atoms with Gasteiger partial charge in [-0.2, -0.15) is 0 Å². The molecular weight excluding hydrogens is 458 g/mol. The lowest BCUT2D eigenvalue weighted by Gasteiger charge is -2.25. The molecule has 1 saturated heterocycles. The van der Waals surface area contributed by atoms with E-state index in [0.717, 1.165) is 30.8 Å². The highest BCUT2D eigenvalue weighted by atomic mass is 33.1. The first-order valence-electron chi connectivity index (χ1n) is 12.5. The summed E-state index contributed by atoms with van der Waals surface area (Å²) in [6, 6.07) is 0.0963. The Balaban J connectivity index is 2.19. The smallest absolute Gasteiger partial charge is 0.223 e. The molecule has 0 aromatic rings. The predicted molar refractivity (Wildman–Crippen MR) is 139 cm³/mol. The van der Waals surface area contributed by atoms with Gasteiger partial charge in [0.25, 0.3) is 0 Å². The number of amides is 1. The van der Waals surface area contributed by atoms with Gasteiger partial charge in [-0.1, -0.05) is 35.4 Å². The number of ketones is 2. The van der Waals surface area contributed by atoms with E-state index in [2.05, 4.69) is 0 Å². The molecule has 0 aliphatic carbocycles. The fourth-order valence-corrected chi connectivity index (χ4v) is 5.85. The minimum absolute atomic E-state index is 0.0103. The molecule has 0 bridgehead atoms. The molecule has 0 N–H and O–H groups in total. The molecule has 8 heteroatoms. The van der Waals surface area contributed by atoms with E-state index in [1.807, 2.05) is 46.4 Å². The Morgan fingerprint density at radius 1 is 0.879 bits per heavy atom. The highest BCUT2D eigenvalue weighted by molar-refractivity contribution is 8.76. The van der Waals surface area contributed by atoms with Crippen molar-refractivity contribution in [3.8, 4) is 0 Å². The van der Waals surface area contributed by atoms with Gasteiger partial charge in [0.15, 0.2) is 0 Å². The molecule has 1 amide bonds. The molecule has 6 nitrogen and oxygen atoms in total. The molecule has 192 valence electrons. The summed E-state index contributed by atoms with van der Waals surface area (Å²) >= 11 is 0. The topological polar surface area (TPSA) is 72.9 Å². The second-order valence-corrected chi connectivity index (χ2v) is 12.3. The van der Waals surface area contributed by atoms with Crippen molar-refractivity contribution < 1.29 is 23.9 Å². The normalized spacial score (nSPS) is 18.6. The van der Waals surface area contributed by atoms with Crippen molar-refractivity contribution in [1.82, 2.24) is 4.90 Å². The van der Waals surface area contributed by atoms with Crippen molar-refractivity contribution in [3.05, 3.63) is 0 Å². The highest BCUT2D eigenvalue weighted by Gasteiger charge is 2.36. The van der Waals surface area contributed by atoms with Crippen molar-refractivity contribution in [2.75, 3.05) is 24.7 Å². The second kappa shape index (κ2) is 17.0. The van der Waals surface area contributed by atoms with Crippen LogP contribution >= 0.6 is 21.6 Å². The van der Waals surface area contributed by atoms with Crippen LogP contribution in [0.5, 0.6) is 0 Å². The maximum atomic E-state index is 12.8. The summed E-state index contributed by atoms with van der Waals surface area (Å²) < 4.78 is 11.8. The predicted octanol–water partition coefficient (Wildman–Crippen LogP) is 5.32. The summed E-state index contributed by atoms with van der Waals surface area (Å²) in [6.45, 7) is 13.1. The van der Waals surface area contributed by atoms with E-state index < -0.39 is 0 Å². The number of hydrogen-bond donors (Lipinski definition) is 0. The molecule has 1 fully saturated rings. The maximum Gasteiger partial charge on any atom is 0.223 e. The van der Waals surface area contributed by atoms with E-state index in [1.165, 1.54) is 0 Å². The zero-order chi connectivity index (χ0) is 24.8. The van der Waals surface area contributed by atoms with Crippen molar-refractivity contribution >= 4 is 39.1 Å². The summed E-state index contributed by atoms with van der Waals surface area (Å²) in [5.74, 6) is 2.38. The lowest BCUT2D eigenvalue weighted by atomic mass is 10.0. The van der Waals surface area contributed by atoms with Crippen LogP contribution in [-0.2, 0) is 23.9 Å². The lowest BCUT2D eigenvalue weighted by Crippen LogP contribution is -2.39. The Bertz CT molecular complexity index is 597. The standard InChI is InChI=1S/C25H45NO5S2/c1-18(2)24(28)12-11-22(27)9-7-13-32-33-14-8-10-25(29)26-16-23(31-20(5)6)15-21(26)17-30-19(3)4/h18-21,23H,7-17H2,1-6H3/t21-,23+/m0/s1. The van der Waals surface area contributed by atoms with Crippen LogP contribution in [0.15, 0.2) is 0 Å². The molecule has 0 radical (unpaired) electrons. The third-order valence-corrected chi connectivity index (χ3v) is 8.04. The Hall–Kier alpha value is -0.570. The van der Waals surface area contributed by atoms with Gasteiger partial charge in [0.05, 0.1) is 31.0 Å². The van der Waals surface area contributed by atoms with Gasteiger partial charge in [-0.05, 0) is 47.0 Å². The Kier molecular flexibility index (Phi) is 15.7. The number of ether oxygens (including phenoxy) is 2. The van der Waals surface area contributed by atoms with Gasteiger partial charge < -0.3 is 14.4 Å². The van der Waals surface area contributed by atoms with Gasteiger partial charge in [0, 0.05) is 49.7 Å². The quantitative estimate of drug-likeness (QED) is 0.185. The number of nitrogens with zero attached hydrogens (tertiary/aromatic N) is 1. The molecule has 2 atom stereocenters. The SMILES string of the molecule is CC(C)OC[C@@H]1C[C@@H](OC(C)C)CN1C(=O)CCCSSCCCC(=O)CCC(=O)C(C)C. The van der Waals surface area contributed by atoms with Gasteiger partial charge >= 0.3 is 0 Å². The average Bonchev–Trinajstić information content (AvgIpc) is 3.13. The zero-order valence-corrected chi connectivity index (χ0v) is 23.1. The Labute approximate surface area is 209 Å². The molecule has 1 rings (SSSR count). The molecule has 1 heterocycles. The second-order valence-electron chi connectivity index (χ2n) is 9.64. The number of hydrogen-bond acceptors (Lipinski definition) is 7. The van der Waals surface area contributed by atoms with Crippen LogP contribution in [0.2, 0.25) is 0 Å². The van der Waals surface area contributed by atoms with Crippen LogP contribution in [0, 0.1) is 5.92 Å². The van der Waals surface area contributed by atoms with Crippen LogP contribution < -0.4 is 0 Å². The zero-order valence-electron chi connectivity index (χ0n) is 21.5. The van der Waals surface area contributed by atoms with Crippen LogP contribution in [0.3, 0.4) is 0 Å². The first-order valence-corrected chi connectivity index (χ1v) is 14.9. The molecule has 0 saturated carbocycles. The van der Waals surface area contributed by atoms with E-state index >= 15 is 0 Å². The van der Waals surface area contributed by atoms with E-state index in [9.17, 15) is 14.4 Å². The number of rotatable bonds is 18. The fourth-order valence-electron chi connectivity index (χ4n) is 3.67. The molecule has 33 heavy (non-hydrogen) atoms. The number of likely N-dealkylation sites (tertiary alicyclic amines) is 1. The van der Waals surface area contributed by atoms with Crippen molar-refractivity contribution in [1.29, 1.82) is 0 Å². The summed E-state index contributed by atoms with van der Waals surface area (Å²) in [7, 11) is 3.53. The van der Waals surface area contributed by atoms with Gasteiger partial charge in [0.1, 0.15) is 11.6 Å². The van der Waals surface area contributed by atoms with Gasteiger partial charge in [-0.3, -0.25) is 14.4 Å². The minimum atomic E-state index is 0.0103. The third kappa shape index (κ3) is 13.8. The van der Waals surface area contributed by atoms with Crippen molar-refractivity contribution in [2.24, 2.45) is 5.92 Å². The molecule has 0 spiro atoms. The number of carbonyl (C=O) groups is 3. The van der Waals surface area contributed by atoms with Gasteiger partial charge in [-0.15, -0.1) is 0 Å². The van der Waals surface area contributed by atoms with Gasteiger partial charge in [-0.25, -0.2) is 0 Å². The van der Waals surface area contributed by atoms with Crippen molar-refractivity contribution in [2.45, 2.75) is 111 Å². The van der Waals surface area contributed by atoms with Gasteiger partial charge in [0.2, 0.25) is 5.91 Å². The fraction of sp³-hybridized carbons (Fsp3) is 0.880. The summed E-state index contributed by atoms with van der Waals surface area (Å²) in [5.41, 5.74) is 0. The lowest BCUT2D eigenvalue weighted by molar-refractivity contribution is -0.134. The molecule has 0 aromatic heterocycles. The minimum Gasteiger partial charge on any atom is -0.377 e. The summed E-state index contributed by atoms with van der Waals surface area (Å²) in [4.78, 5) is 38.3. The number of Topliss-reactive ketones (excluding diaryl/α,β-unsaturated/α-hetero) is 2. The molecule has 0 aromatic carbocycles. The van der Waals surface area contributed by atoms with E-state index in [0.29, 0.717) is 38.8 Å². The summed E-state index contributed by atoms with van der Waals surface area (Å²) in [6.07, 6.45) is 4.76. The molecule has 1 aliphatic rings. The first-order chi connectivity index (χ1) is 15.6. The number of carbonyl (C=O) groups excluding carboxylic acids is 3. The first kappa shape index (κ1) is 30.5. The Morgan fingerprint density at radius 3 is 2.09 bits per heavy atom. The average molecular weight is 504 g/mol. The van der Waals surface area contributed by atoms with Crippen LogP contribution in [-0.4, -0.2) is 71.4 Å². The molecule has 1 aliphatic heterocycles. The van der Waals surface area contributed by atoms with Crippen LogP contribution in [0.4, 0.5) is 0 Å². The maximum absolute atomic E-state index is 12.8. The van der Waals surface area contributed by atoms with Crippen LogP contribution in [0.25, 0.3) is 0 Å². The largest absolute Gasteiger partial charge is 0.377 e. The van der Waals surface area contributed by atoms with Crippen LogP contribution in [0.1, 0.15) is 86.5 Å². The highest BCUT2D eigenvalue weighted by Crippen LogP contribution is 2.26. The van der Waals surface area contributed by atoms with Crippen molar-refractivity contribution in [3.63, 3.8) is 0 Å². The monoisotopic (exact) mass is 503 g/mol. The van der Waals surface area contributed by atoms with E-state index in [4.69, 9.17) is 9.47 Å².